The molecule has 2 aliphatic rings. The van der Waals surface area contributed by atoms with Gasteiger partial charge in [-0.1, -0.05) is 18.9 Å². The summed E-state index contributed by atoms with van der Waals surface area (Å²) in [6, 6.07) is 2.72. The SMILES string of the molecule is C=CCCCCC[C@H](NC(=O)OC(C)(C)C)C(=O)N1C[C@@]2(CCc3c(c(C)nc4ccc(F)cc34)O2)C[C@H]1C(=O)OC. The average molecular weight is 584 g/mol. The number of likely N-dealkylation sites (tertiary alicyclic amines) is 1. The highest BCUT2D eigenvalue weighted by Gasteiger charge is 2.53. The fourth-order valence-corrected chi connectivity index (χ4v) is 5.93. The molecular weight excluding hydrogens is 541 g/mol. The number of unbranched alkanes of at least 4 members (excludes halogenated alkanes) is 3. The molecule has 2 amide bonds. The molecule has 0 aliphatic carbocycles. The summed E-state index contributed by atoms with van der Waals surface area (Å²) >= 11 is 0. The lowest BCUT2D eigenvalue weighted by Crippen LogP contribution is -2.53. The predicted molar refractivity (Wildman–Crippen MR) is 157 cm³/mol. The van der Waals surface area contributed by atoms with Gasteiger partial charge in [0.15, 0.2) is 0 Å². The number of ether oxygens (including phenoxy) is 3. The molecule has 228 valence electrons. The minimum absolute atomic E-state index is 0.134. The number of fused-ring (bicyclic) bond motifs is 3. The van der Waals surface area contributed by atoms with Crippen LogP contribution in [0, 0.1) is 12.7 Å². The van der Waals surface area contributed by atoms with E-state index in [2.05, 4.69) is 16.9 Å². The molecular formula is C32H42FN3O6. The summed E-state index contributed by atoms with van der Waals surface area (Å²) in [7, 11) is 1.29. The number of allylic oxidation sites excluding steroid dienone is 1. The van der Waals surface area contributed by atoms with E-state index in [-0.39, 0.29) is 24.7 Å². The zero-order chi connectivity index (χ0) is 30.7. The van der Waals surface area contributed by atoms with Gasteiger partial charge >= 0.3 is 12.1 Å². The number of carbonyl (C=O) groups excluding carboxylic acids is 3. The van der Waals surface area contributed by atoms with E-state index in [4.69, 9.17) is 14.2 Å². The van der Waals surface area contributed by atoms with Crippen LogP contribution in [0.15, 0.2) is 30.9 Å². The molecule has 1 N–H and O–H groups in total. The van der Waals surface area contributed by atoms with Gasteiger partial charge in [-0.2, -0.15) is 0 Å². The smallest absolute Gasteiger partial charge is 0.408 e. The van der Waals surface area contributed by atoms with E-state index >= 15 is 0 Å². The largest absolute Gasteiger partial charge is 0.483 e. The Hall–Kier alpha value is -3.69. The lowest BCUT2D eigenvalue weighted by Gasteiger charge is -2.36. The summed E-state index contributed by atoms with van der Waals surface area (Å²) in [5, 5.41) is 3.44. The summed E-state index contributed by atoms with van der Waals surface area (Å²) in [6.45, 7) is 11.0. The van der Waals surface area contributed by atoms with E-state index in [0.29, 0.717) is 48.0 Å². The summed E-state index contributed by atoms with van der Waals surface area (Å²) in [5.41, 5.74) is 0.607. The lowest BCUT2D eigenvalue weighted by molar-refractivity contribution is -0.151. The number of hydrogen-bond donors (Lipinski definition) is 1. The molecule has 1 saturated heterocycles. The first kappa shape index (κ1) is 31.3. The van der Waals surface area contributed by atoms with Crippen molar-refractivity contribution >= 4 is 28.9 Å². The third-order valence-corrected chi connectivity index (χ3v) is 7.87. The van der Waals surface area contributed by atoms with Crippen LogP contribution in [0.25, 0.3) is 10.9 Å². The third kappa shape index (κ3) is 7.02. The highest BCUT2D eigenvalue weighted by molar-refractivity contribution is 5.91. The van der Waals surface area contributed by atoms with Gasteiger partial charge in [0.2, 0.25) is 5.91 Å². The number of amides is 2. The van der Waals surface area contributed by atoms with Crippen molar-refractivity contribution in [2.75, 3.05) is 13.7 Å². The normalized spacial score (nSPS) is 20.5. The number of alkyl carbamates (subject to hydrolysis) is 1. The maximum absolute atomic E-state index is 14.1. The fourth-order valence-electron chi connectivity index (χ4n) is 5.93. The zero-order valence-electron chi connectivity index (χ0n) is 25.3. The van der Waals surface area contributed by atoms with Gasteiger partial charge in [-0.05, 0) is 78.0 Å². The molecule has 2 aromatic rings. The molecule has 4 rings (SSSR count). The van der Waals surface area contributed by atoms with Crippen LogP contribution in [-0.4, -0.2) is 64.8 Å². The van der Waals surface area contributed by atoms with Crippen molar-refractivity contribution in [3.63, 3.8) is 0 Å². The predicted octanol–water partition coefficient (Wildman–Crippen LogP) is 5.55. The molecule has 2 aliphatic heterocycles. The van der Waals surface area contributed by atoms with Crippen LogP contribution >= 0.6 is 0 Å². The lowest BCUT2D eigenvalue weighted by atomic mass is 9.87. The summed E-state index contributed by atoms with van der Waals surface area (Å²) in [6.07, 6.45) is 6.19. The number of benzene rings is 1. The van der Waals surface area contributed by atoms with Gasteiger partial charge in [-0.15, -0.1) is 6.58 Å². The van der Waals surface area contributed by atoms with E-state index in [0.717, 1.165) is 24.8 Å². The van der Waals surface area contributed by atoms with Crippen LogP contribution in [0.1, 0.15) is 77.0 Å². The second-order valence-electron chi connectivity index (χ2n) is 12.3. The maximum Gasteiger partial charge on any atom is 0.408 e. The average Bonchev–Trinajstić information content (AvgIpc) is 3.29. The highest BCUT2D eigenvalue weighted by Crippen LogP contribution is 2.44. The number of esters is 1. The fraction of sp³-hybridized carbons (Fsp3) is 0.562. The quantitative estimate of drug-likeness (QED) is 0.234. The molecule has 3 heterocycles. The van der Waals surface area contributed by atoms with Crippen molar-refractivity contribution in [1.82, 2.24) is 15.2 Å². The Balaban J connectivity index is 1.61. The zero-order valence-corrected chi connectivity index (χ0v) is 25.3. The van der Waals surface area contributed by atoms with Crippen molar-refractivity contribution in [1.29, 1.82) is 0 Å². The van der Waals surface area contributed by atoms with Crippen LogP contribution in [0.3, 0.4) is 0 Å². The summed E-state index contributed by atoms with van der Waals surface area (Å²) < 4.78 is 31.3. The molecule has 1 fully saturated rings. The van der Waals surface area contributed by atoms with Crippen molar-refractivity contribution < 1.29 is 33.0 Å². The molecule has 0 radical (unpaired) electrons. The van der Waals surface area contributed by atoms with E-state index < -0.39 is 35.3 Å². The third-order valence-electron chi connectivity index (χ3n) is 7.87. The molecule has 1 spiro atoms. The molecule has 0 unspecified atom stereocenters. The van der Waals surface area contributed by atoms with Crippen molar-refractivity contribution in [2.45, 2.75) is 102 Å². The Bertz CT molecular complexity index is 1360. The van der Waals surface area contributed by atoms with Crippen LogP contribution in [0.5, 0.6) is 5.75 Å². The number of aromatic nitrogens is 1. The molecule has 0 bridgehead atoms. The number of pyridine rings is 1. The van der Waals surface area contributed by atoms with Crippen LogP contribution in [0.2, 0.25) is 0 Å². The van der Waals surface area contributed by atoms with Gasteiger partial charge in [0.05, 0.1) is 24.9 Å². The van der Waals surface area contributed by atoms with Gasteiger partial charge in [-0.25, -0.2) is 19.0 Å². The minimum atomic E-state index is -0.892. The number of nitrogens with zero attached hydrogens (tertiary/aromatic N) is 2. The first-order chi connectivity index (χ1) is 19.9. The second kappa shape index (κ2) is 12.7. The van der Waals surface area contributed by atoms with Gasteiger partial charge in [-0.3, -0.25) is 4.79 Å². The number of methoxy groups -OCH3 is 1. The van der Waals surface area contributed by atoms with Gasteiger partial charge in [0, 0.05) is 17.4 Å². The Morgan fingerprint density at radius 2 is 2.05 bits per heavy atom. The standard InChI is InChI=1S/C32H42FN3O6/c1-7-8-9-10-11-12-25(35-30(39)42-31(3,4)5)28(37)36-19-32(18-26(36)29(38)40-6)16-15-22-23-17-21(33)13-14-24(23)34-20(2)27(22)41-32/h7,13-14,17,25-26H,1,8-12,15-16,18-19H2,2-6H3,(H,35,39)/t25-,26-,32+/m0/s1. The number of aryl methyl sites for hydroxylation is 2. The molecule has 1 aromatic heterocycles. The number of nitrogens with one attached hydrogen (secondary N) is 1. The van der Waals surface area contributed by atoms with Crippen molar-refractivity contribution in [2.24, 2.45) is 0 Å². The number of halogens is 1. The first-order valence-electron chi connectivity index (χ1n) is 14.6. The van der Waals surface area contributed by atoms with E-state index in [1.165, 1.54) is 24.1 Å². The topological polar surface area (TPSA) is 107 Å². The number of carbonyl (C=O) groups is 3. The number of hydrogen-bond acceptors (Lipinski definition) is 7. The van der Waals surface area contributed by atoms with E-state index in [1.807, 2.05) is 13.0 Å². The Morgan fingerprint density at radius 1 is 1.29 bits per heavy atom. The van der Waals surface area contributed by atoms with Gasteiger partial charge < -0.3 is 24.4 Å². The van der Waals surface area contributed by atoms with Gasteiger partial charge in [0.1, 0.15) is 34.9 Å². The Labute approximate surface area is 246 Å². The van der Waals surface area contributed by atoms with Crippen LogP contribution < -0.4 is 10.1 Å². The van der Waals surface area contributed by atoms with Crippen LogP contribution in [0.4, 0.5) is 9.18 Å². The monoisotopic (exact) mass is 583 g/mol. The van der Waals surface area contributed by atoms with E-state index in [1.54, 1.807) is 26.8 Å². The highest BCUT2D eigenvalue weighted by atomic mass is 19.1. The summed E-state index contributed by atoms with van der Waals surface area (Å²) in [5.74, 6) is -0.733. The molecule has 10 heteroatoms. The molecule has 0 saturated carbocycles. The van der Waals surface area contributed by atoms with Gasteiger partial charge in [0.25, 0.3) is 0 Å². The Morgan fingerprint density at radius 3 is 2.74 bits per heavy atom. The molecule has 9 nitrogen and oxygen atoms in total. The molecule has 42 heavy (non-hydrogen) atoms. The maximum atomic E-state index is 14.1. The first-order valence-corrected chi connectivity index (χ1v) is 14.6. The van der Waals surface area contributed by atoms with Crippen molar-refractivity contribution in [3.05, 3.63) is 47.9 Å². The van der Waals surface area contributed by atoms with E-state index in [9.17, 15) is 18.8 Å². The minimum Gasteiger partial charge on any atom is -0.483 e. The number of rotatable bonds is 9. The van der Waals surface area contributed by atoms with Crippen LogP contribution in [-0.2, 0) is 25.5 Å². The molecule has 3 atom stereocenters. The Kier molecular flexibility index (Phi) is 9.43. The van der Waals surface area contributed by atoms with Crippen molar-refractivity contribution in [3.8, 4) is 5.75 Å². The second-order valence-corrected chi connectivity index (χ2v) is 12.3. The molecule has 1 aromatic carbocycles. The summed E-state index contributed by atoms with van der Waals surface area (Å²) in [4.78, 5) is 45.9.